The van der Waals surface area contributed by atoms with Crippen LogP contribution in [-0.2, 0) is 10.2 Å². The third-order valence-corrected chi connectivity index (χ3v) is 2.73. The summed E-state index contributed by atoms with van der Waals surface area (Å²) in [7, 11) is -3.68. The van der Waals surface area contributed by atoms with Crippen molar-refractivity contribution in [2.45, 2.75) is 6.92 Å². The molecule has 7 nitrogen and oxygen atoms in total. The number of carboxylic acids is 1. The number of pyridine rings is 1. The number of nitrogens with one attached hydrogen (secondary N) is 2. The zero-order valence-corrected chi connectivity index (χ0v) is 9.28. The van der Waals surface area contributed by atoms with Crippen LogP contribution in [0.5, 0.6) is 0 Å². The summed E-state index contributed by atoms with van der Waals surface area (Å²) in [4.78, 5) is 14.3. The maximum absolute atomic E-state index is 11.3. The second-order valence-electron chi connectivity index (χ2n) is 2.84. The molecule has 1 rings (SSSR count). The summed E-state index contributed by atoms with van der Waals surface area (Å²) in [6, 6.07) is 2.41. The topological polar surface area (TPSA) is 108 Å². The molecule has 0 fully saturated rings. The lowest BCUT2D eigenvalue weighted by Gasteiger charge is -2.06. The van der Waals surface area contributed by atoms with E-state index >= 15 is 0 Å². The van der Waals surface area contributed by atoms with Gasteiger partial charge in [-0.05, 0) is 12.1 Å². The molecule has 1 heterocycles. The summed E-state index contributed by atoms with van der Waals surface area (Å²) in [6.07, 6.45) is 1.22. The number of carbonyl (C=O) groups is 1. The van der Waals surface area contributed by atoms with Gasteiger partial charge >= 0.3 is 5.97 Å². The van der Waals surface area contributed by atoms with E-state index in [4.69, 9.17) is 5.11 Å². The smallest absolute Gasteiger partial charge is 0.335 e. The molecule has 0 bridgehead atoms. The van der Waals surface area contributed by atoms with Crippen LogP contribution in [0.4, 0.5) is 5.82 Å². The maximum atomic E-state index is 11.3. The summed E-state index contributed by atoms with van der Waals surface area (Å²) < 4.78 is 26.8. The van der Waals surface area contributed by atoms with Gasteiger partial charge in [0.2, 0.25) is 0 Å². The molecular formula is C8H11N3O4S. The first kappa shape index (κ1) is 12.4. The standard InChI is InChI=1S/C8H11N3O4S/c1-2-10-16(14,15)11-7-5-6(8(12)13)3-4-9-7/h3-5,10H,2H2,1H3,(H,9,11)(H,12,13). The number of hydrogen-bond acceptors (Lipinski definition) is 4. The van der Waals surface area contributed by atoms with Crippen molar-refractivity contribution in [2.24, 2.45) is 0 Å². The number of hydrogen-bond donors (Lipinski definition) is 3. The van der Waals surface area contributed by atoms with Crippen LogP contribution < -0.4 is 9.44 Å². The van der Waals surface area contributed by atoms with Gasteiger partial charge in [0, 0.05) is 12.7 Å². The predicted molar refractivity (Wildman–Crippen MR) is 57.4 cm³/mol. The summed E-state index contributed by atoms with van der Waals surface area (Å²) in [5.41, 5.74) is -0.0378. The molecule has 0 aliphatic rings. The Bertz CT molecular complexity index is 486. The Hall–Kier alpha value is -1.67. The number of carboxylic acid groups (broad SMARTS) is 1. The molecule has 1 aromatic heterocycles. The van der Waals surface area contributed by atoms with Gasteiger partial charge in [-0.3, -0.25) is 4.72 Å². The average Bonchev–Trinajstić information content (AvgIpc) is 2.17. The van der Waals surface area contributed by atoms with E-state index in [1.54, 1.807) is 6.92 Å². The second-order valence-corrected chi connectivity index (χ2v) is 4.34. The minimum Gasteiger partial charge on any atom is -0.478 e. The third-order valence-electron chi connectivity index (χ3n) is 1.58. The van der Waals surface area contributed by atoms with Crippen LogP contribution in [0.15, 0.2) is 18.3 Å². The van der Waals surface area contributed by atoms with Crippen LogP contribution in [0.1, 0.15) is 17.3 Å². The number of nitrogens with zero attached hydrogens (tertiary/aromatic N) is 1. The van der Waals surface area contributed by atoms with Crippen molar-refractivity contribution in [1.29, 1.82) is 0 Å². The Morgan fingerprint density at radius 1 is 1.56 bits per heavy atom. The quantitative estimate of drug-likeness (QED) is 0.679. The first-order valence-electron chi connectivity index (χ1n) is 4.41. The Labute approximate surface area is 92.7 Å². The van der Waals surface area contributed by atoms with Gasteiger partial charge in [-0.2, -0.15) is 13.1 Å². The van der Waals surface area contributed by atoms with Gasteiger partial charge in [0.1, 0.15) is 5.82 Å². The van der Waals surface area contributed by atoms with E-state index in [2.05, 4.69) is 14.4 Å². The molecule has 0 aliphatic heterocycles. The fourth-order valence-corrected chi connectivity index (χ4v) is 1.82. The molecule has 0 amide bonds. The highest BCUT2D eigenvalue weighted by Gasteiger charge is 2.10. The lowest BCUT2D eigenvalue weighted by molar-refractivity contribution is 0.0697. The number of rotatable bonds is 5. The fourth-order valence-electron chi connectivity index (χ4n) is 0.983. The summed E-state index contributed by atoms with van der Waals surface area (Å²) in [5, 5.41) is 8.69. The van der Waals surface area contributed by atoms with Gasteiger partial charge in [-0.15, -0.1) is 0 Å². The molecule has 0 aromatic carbocycles. The summed E-state index contributed by atoms with van der Waals surface area (Å²) in [5.74, 6) is -1.19. The van der Waals surface area contributed by atoms with Crippen LogP contribution in [0.25, 0.3) is 0 Å². The largest absolute Gasteiger partial charge is 0.478 e. The van der Waals surface area contributed by atoms with E-state index in [-0.39, 0.29) is 17.9 Å². The minimum absolute atomic E-state index is 0.0378. The molecule has 0 atom stereocenters. The Kier molecular flexibility index (Phi) is 3.80. The maximum Gasteiger partial charge on any atom is 0.335 e. The van der Waals surface area contributed by atoms with E-state index in [9.17, 15) is 13.2 Å². The Balaban J connectivity index is 2.90. The normalized spacial score (nSPS) is 11.1. The van der Waals surface area contributed by atoms with Crippen LogP contribution in [0, 0.1) is 0 Å². The minimum atomic E-state index is -3.68. The molecule has 0 radical (unpaired) electrons. The lowest BCUT2D eigenvalue weighted by atomic mass is 10.3. The molecule has 3 N–H and O–H groups in total. The van der Waals surface area contributed by atoms with E-state index in [1.807, 2.05) is 0 Å². The SMILES string of the molecule is CCNS(=O)(=O)Nc1cc(C(=O)O)ccn1. The summed E-state index contributed by atoms with van der Waals surface area (Å²) >= 11 is 0. The van der Waals surface area contributed by atoms with Crippen LogP contribution >= 0.6 is 0 Å². The molecule has 88 valence electrons. The summed E-state index contributed by atoms with van der Waals surface area (Å²) in [6.45, 7) is 1.86. The molecule has 16 heavy (non-hydrogen) atoms. The van der Waals surface area contributed by atoms with Crippen molar-refractivity contribution in [3.8, 4) is 0 Å². The van der Waals surface area contributed by atoms with Crippen molar-refractivity contribution in [3.05, 3.63) is 23.9 Å². The molecule has 0 saturated carbocycles. The van der Waals surface area contributed by atoms with Crippen molar-refractivity contribution >= 4 is 22.0 Å². The van der Waals surface area contributed by atoms with Crippen LogP contribution in [0.2, 0.25) is 0 Å². The lowest BCUT2D eigenvalue weighted by Crippen LogP contribution is -2.30. The van der Waals surface area contributed by atoms with Gasteiger partial charge in [0.25, 0.3) is 10.2 Å². The molecule has 8 heteroatoms. The second kappa shape index (κ2) is 4.90. The van der Waals surface area contributed by atoms with E-state index in [1.165, 1.54) is 12.3 Å². The van der Waals surface area contributed by atoms with Crippen molar-refractivity contribution in [1.82, 2.24) is 9.71 Å². The highest BCUT2D eigenvalue weighted by Crippen LogP contribution is 2.07. The monoisotopic (exact) mass is 245 g/mol. The van der Waals surface area contributed by atoms with E-state index in [0.717, 1.165) is 6.07 Å². The molecule has 0 aliphatic carbocycles. The molecule has 0 unspecified atom stereocenters. The fraction of sp³-hybridized carbons (Fsp3) is 0.250. The van der Waals surface area contributed by atoms with E-state index in [0.29, 0.717) is 0 Å². The Morgan fingerprint density at radius 3 is 2.81 bits per heavy atom. The van der Waals surface area contributed by atoms with Crippen molar-refractivity contribution in [2.75, 3.05) is 11.3 Å². The first-order chi connectivity index (χ1) is 7.44. The zero-order chi connectivity index (χ0) is 12.2. The van der Waals surface area contributed by atoms with Gasteiger partial charge in [-0.25, -0.2) is 9.78 Å². The number of aromatic carboxylic acids is 1. The number of anilines is 1. The Morgan fingerprint density at radius 2 is 2.25 bits per heavy atom. The highest BCUT2D eigenvalue weighted by molar-refractivity contribution is 7.90. The van der Waals surface area contributed by atoms with Crippen LogP contribution in [0.3, 0.4) is 0 Å². The average molecular weight is 245 g/mol. The third kappa shape index (κ3) is 3.48. The highest BCUT2D eigenvalue weighted by atomic mass is 32.2. The van der Waals surface area contributed by atoms with Crippen LogP contribution in [-0.4, -0.2) is 31.0 Å². The number of aromatic nitrogens is 1. The predicted octanol–water partition coefficient (Wildman–Crippen LogP) is 0.0460. The van der Waals surface area contributed by atoms with Gasteiger partial charge in [0.05, 0.1) is 5.56 Å². The zero-order valence-electron chi connectivity index (χ0n) is 8.47. The van der Waals surface area contributed by atoms with E-state index < -0.39 is 16.2 Å². The van der Waals surface area contributed by atoms with Gasteiger partial charge in [-0.1, -0.05) is 6.92 Å². The van der Waals surface area contributed by atoms with Crippen molar-refractivity contribution < 1.29 is 18.3 Å². The first-order valence-corrected chi connectivity index (χ1v) is 5.89. The molecule has 0 spiro atoms. The van der Waals surface area contributed by atoms with Gasteiger partial charge < -0.3 is 5.11 Å². The molecule has 1 aromatic rings. The molecular weight excluding hydrogens is 234 g/mol. The van der Waals surface area contributed by atoms with Gasteiger partial charge in [0.15, 0.2) is 0 Å². The van der Waals surface area contributed by atoms with Crippen molar-refractivity contribution in [3.63, 3.8) is 0 Å². The molecule has 0 saturated heterocycles.